The molecule has 2 aromatic carbocycles. The summed E-state index contributed by atoms with van der Waals surface area (Å²) in [6.07, 6.45) is 8.57. The summed E-state index contributed by atoms with van der Waals surface area (Å²) in [6, 6.07) is 15.3. The molecule has 0 unspecified atom stereocenters. The van der Waals surface area contributed by atoms with Gasteiger partial charge in [-0.3, -0.25) is 4.90 Å². The molecular formula is C31H36ClN9. The highest BCUT2D eigenvalue weighted by Crippen LogP contribution is 2.39. The van der Waals surface area contributed by atoms with Gasteiger partial charge in [-0.05, 0) is 68.6 Å². The predicted molar refractivity (Wildman–Crippen MR) is 167 cm³/mol. The van der Waals surface area contributed by atoms with Crippen molar-refractivity contribution in [2.24, 2.45) is 7.05 Å². The van der Waals surface area contributed by atoms with Crippen LogP contribution in [0, 0.1) is 0 Å². The largest absolute Gasteiger partial charge is 0.383 e. The van der Waals surface area contributed by atoms with E-state index in [1.54, 1.807) is 6.33 Å². The van der Waals surface area contributed by atoms with Crippen LogP contribution >= 0.6 is 11.6 Å². The Labute approximate surface area is 244 Å². The van der Waals surface area contributed by atoms with Crippen LogP contribution in [0.4, 0.5) is 17.5 Å². The molecule has 0 amide bonds. The number of nitrogens with zero attached hydrogens (tertiary/aromatic N) is 7. The SMILES string of the molecule is CN1CCN([C@H]2CC[C@@H](n3cc(-c4ccc(Nc5nc6cc(Cl)ccc6n5C)cc4)c4c(N)ncnc43)CC2)CC1. The molecule has 10 heteroatoms. The lowest BCUT2D eigenvalue weighted by molar-refractivity contribution is 0.0828. The maximum Gasteiger partial charge on any atom is 0.208 e. The summed E-state index contributed by atoms with van der Waals surface area (Å²) in [5.41, 5.74) is 12.4. The van der Waals surface area contributed by atoms with Crippen LogP contribution in [0.15, 0.2) is 55.0 Å². The van der Waals surface area contributed by atoms with Crippen molar-refractivity contribution >= 4 is 51.1 Å². The number of anilines is 3. The van der Waals surface area contributed by atoms with Gasteiger partial charge < -0.3 is 25.1 Å². The number of nitrogen functional groups attached to an aromatic ring is 1. The minimum absolute atomic E-state index is 0.413. The monoisotopic (exact) mass is 569 g/mol. The smallest absolute Gasteiger partial charge is 0.208 e. The van der Waals surface area contributed by atoms with Crippen LogP contribution in [-0.4, -0.2) is 73.2 Å². The Morgan fingerprint density at radius 3 is 2.39 bits per heavy atom. The normalized spacial score (nSPS) is 20.7. The molecule has 41 heavy (non-hydrogen) atoms. The Kier molecular flexibility index (Phi) is 6.81. The van der Waals surface area contributed by atoms with Gasteiger partial charge in [0.15, 0.2) is 0 Å². The molecule has 2 fully saturated rings. The lowest BCUT2D eigenvalue weighted by Crippen LogP contribution is -2.49. The molecule has 3 aromatic heterocycles. The lowest BCUT2D eigenvalue weighted by atomic mass is 9.89. The average Bonchev–Trinajstić information content (AvgIpc) is 3.52. The fraction of sp³-hybridized carbons (Fsp3) is 0.387. The van der Waals surface area contributed by atoms with Gasteiger partial charge in [-0.1, -0.05) is 23.7 Å². The standard InChI is InChI=1S/C31H36ClN9/c1-38-13-15-40(16-14-38)23-8-10-24(11-9-23)41-18-25(28-29(33)34-19-35-30(28)41)20-3-6-22(7-4-20)36-31-37-26-17-21(32)5-12-27(26)39(31)2/h3-7,12,17-19,23-24H,8-11,13-16H2,1-2H3,(H,36,37)(H2,33,34,35)/t23-,24+. The van der Waals surface area contributed by atoms with Gasteiger partial charge in [-0.2, -0.15) is 0 Å². The van der Waals surface area contributed by atoms with E-state index in [0.29, 0.717) is 22.9 Å². The van der Waals surface area contributed by atoms with Gasteiger partial charge in [-0.25, -0.2) is 15.0 Å². The van der Waals surface area contributed by atoms with E-state index in [4.69, 9.17) is 27.3 Å². The molecule has 7 rings (SSSR count). The summed E-state index contributed by atoms with van der Waals surface area (Å²) < 4.78 is 4.39. The average molecular weight is 570 g/mol. The molecule has 1 aliphatic carbocycles. The van der Waals surface area contributed by atoms with Crippen LogP contribution in [-0.2, 0) is 7.05 Å². The first-order chi connectivity index (χ1) is 19.9. The molecular weight excluding hydrogens is 534 g/mol. The molecule has 212 valence electrons. The number of imidazole rings is 1. The maximum absolute atomic E-state index is 6.46. The topological polar surface area (TPSA) is 93.1 Å². The van der Waals surface area contributed by atoms with Gasteiger partial charge in [0.1, 0.15) is 17.8 Å². The minimum atomic E-state index is 0.413. The van der Waals surface area contributed by atoms with Crippen molar-refractivity contribution in [1.82, 2.24) is 33.9 Å². The van der Waals surface area contributed by atoms with Gasteiger partial charge in [0.25, 0.3) is 0 Å². The molecule has 4 heterocycles. The number of hydrogen-bond acceptors (Lipinski definition) is 7. The highest BCUT2D eigenvalue weighted by Gasteiger charge is 2.30. The highest BCUT2D eigenvalue weighted by molar-refractivity contribution is 6.31. The Balaban J connectivity index is 1.13. The molecule has 0 radical (unpaired) electrons. The second-order valence-electron chi connectivity index (χ2n) is 11.5. The number of nitrogens with one attached hydrogen (secondary N) is 1. The number of benzene rings is 2. The van der Waals surface area contributed by atoms with Gasteiger partial charge >= 0.3 is 0 Å². The molecule has 0 spiro atoms. The first-order valence-electron chi connectivity index (χ1n) is 14.5. The quantitative estimate of drug-likeness (QED) is 0.281. The number of fused-ring (bicyclic) bond motifs is 2. The molecule has 1 saturated carbocycles. The molecule has 0 bridgehead atoms. The third-order valence-corrected chi connectivity index (χ3v) is 9.28. The van der Waals surface area contributed by atoms with Crippen molar-refractivity contribution in [1.29, 1.82) is 0 Å². The first kappa shape index (κ1) is 26.3. The first-order valence-corrected chi connectivity index (χ1v) is 14.9. The number of halogens is 1. The summed E-state index contributed by atoms with van der Waals surface area (Å²) >= 11 is 6.17. The van der Waals surface area contributed by atoms with E-state index in [-0.39, 0.29) is 0 Å². The van der Waals surface area contributed by atoms with E-state index < -0.39 is 0 Å². The molecule has 1 aliphatic heterocycles. The summed E-state index contributed by atoms with van der Waals surface area (Å²) in [5.74, 6) is 1.28. The summed E-state index contributed by atoms with van der Waals surface area (Å²) in [4.78, 5) is 18.9. The second-order valence-corrected chi connectivity index (χ2v) is 12.0. The second kappa shape index (κ2) is 10.6. The van der Waals surface area contributed by atoms with E-state index in [9.17, 15) is 0 Å². The van der Waals surface area contributed by atoms with Gasteiger partial charge in [0.2, 0.25) is 5.95 Å². The lowest BCUT2D eigenvalue weighted by Gasteiger charge is -2.41. The van der Waals surface area contributed by atoms with Crippen LogP contribution in [0.5, 0.6) is 0 Å². The van der Waals surface area contributed by atoms with E-state index in [0.717, 1.165) is 57.7 Å². The van der Waals surface area contributed by atoms with Gasteiger partial charge in [-0.15, -0.1) is 0 Å². The summed E-state index contributed by atoms with van der Waals surface area (Å²) in [6.45, 7) is 4.71. The Morgan fingerprint density at radius 1 is 0.902 bits per heavy atom. The number of nitrogens with two attached hydrogens (primary N) is 1. The van der Waals surface area contributed by atoms with Gasteiger partial charge in [0.05, 0.1) is 16.4 Å². The number of piperazine rings is 1. The number of aromatic nitrogens is 5. The Bertz CT molecular complexity index is 1690. The Hall–Kier alpha value is -3.66. The number of likely N-dealkylation sites (N-methyl/N-ethyl adjacent to an activating group) is 1. The van der Waals surface area contributed by atoms with Crippen LogP contribution in [0.2, 0.25) is 5.02 Å². The van der Waals surface area contributed by atoms with Crippen LogP contribution in [0.25, 0.3) is 33.2 Å². The molecule has 0 atom stereocenters. The minimum Gasteiger partial charge on any atom is -0.383 e. The summed E-state index contributed by atoms with van der Waals surface area (Å²) in [5, 5.41) is 5.06. The number of rotatable bonds is 5. The van der Waals surface area contributed by atoms with Crippen LogP contribution in [0.3, 0.4) is 0 Å². The van der Waals surface area contributed by atoms with E-state index in [1.807, 2.05) is 29.8 Å². The number of aryl methyl sites for hydroxylation is 1. The third-order valence-electron chi connectivity index (χ3n) is 9.05. The molecule has 5 aromatic rings. The zero-order valence-corrected chi connectivity index (χ0v) is 24.3. The van der Waals surface area contributed by atoms with E-state index in [2.05, 4.69) is 62.2 Å². The molecule has 9 nitrogen and oxygen atoms in total. The van der Waals surface area contributed by atoms with Crippen molar-refractivity contribution < 1.29 is 0 Å². The maximum atomic E-state index is 6.46. The number of hydrogen-bond donors (Lipinski definition) is 2. The summed E-state index contributed by atoms with van der Waals surface area (Å²) in [7, 11) is 4.22. The van der Waals surface area contributed by atoms with Crippen molar-refractivity contribution in [3.63, 3.8) is 0 Å². The fourth-order valence-electron chi connectivity index (χ4n) is 6.64. The van der Waals surface area contributed by atoms with E-state index in [1.165, 1.54) is 39.0 Å². The van der Waals surface area contributed by atoms with Crippen molar-refractivity contribution in [3.8, 4) is 11.1 Å². The molecule has 2 aliphatic rings. The fourth-order valence-corrected chi connectivity index (χ4v) is 6.81. The van der Waals surface area contributed by atoms with Crippen LogP contribution in [0.1, 0.15) is 31.7 Å². The predicted octanol–water partition coefficient (Wildman–Crippen LogP) is 5.70. The van der Waals surface area contributed by atoms with E-state index >= 15 is 0 Å². The molecule has 1 saturated heterocycles. The zero-order valence-electron chi connectivity index (χ0n) is 23.6. The van der Waals surface area contributed by atoms with Crippen molar-refractivity contribution in [2.45, 2.75) is 37.8 Å². The van der Waals surface area contributed by atoms with Gasteiger partial charge in [0, 0.05) is 67.8 Å². The highest BCUT2D eigenvalue weighted by atomic mass is 35.5. The van der Waals surface area contributed by atoms with Crippen molar-refractivity contribution in [3.05, 3.63) is 60.0 Å². The molecule has 3 N–H and O–H groups in total. The van der Waals surface area contributed by atoms with Crippen LogP contribution < -0.4 is 11.1 Å². The zero-order chi connectivity index (χ0) is 28.1. The third kappa shape index (κ3) is 4.92. The van der Waals surface area contributed by atoms with Crippen molar-refractivity contribution in [2.75, 3.05) is 44.3 Å². The Morgan fingerprint density at radius 2 is 1.63 bits per heavy atom.